The standard InChI is InChI=1S/C27H38F3N7O4S/c1-35-13-11-18(12-14-35)36(2)25(38)17-9-10-23(41-4)21(15-17)33-26-31-16-19(27(28,29)30)24(34-26)32-20-7-6-8-22(20)37(3)42(5,39)40/h9-10,15-16,18,20,22H,6-8,11-14H2,1-5H3,(H2,31,32,33,34)/t20-,22-/m1/s1. The highest BCUT2D eigenvalue weighted by Crippen LogP contribution is 2.37. The number of nitrogens with one attached hydrogen (secondary N) is 2. The molecule has 2 atom stereocenters. The van der Waals surface area contributed by atoms with E-state index in [1.807, 2.05) is 7.05 Å². The van der Waals surface area contributed by atoms with E-state index in [0.717, 1.165) is 32.2 Å². The predicted molar refractivity (Wildman–Crippen MR) is 154 cm³/mol. The largest absolute Gasteiger partial charge is 0.495 e. The van der Waals surface area contributed by atoms with Gasteiger partial charge in [-0.05, 0) is 70.4 Å². The Labute approximate surface area is 244 Å². The molecule has 1 aromatic carbocycles. The van der Waals surface area contributed by atoms with E-state index in [1.54, 1.807) is 30.1 Å². The third-order valence-electron chi connectivity index (χ3n) is 8.13. The molecule has 11 nitrogen and oxygen atoms in total. The minimum atomic E-state index is -4.75. The number of alkyl halides is 3. The Morgan fingerprint density at radius 2 is 1.83 bits per heavy atom. The first-order chi connectivity index (χ1) is 19.7. The van der Waals surface area contributed by atoms with Crippen LogP contribution < -0.4 is 15.4 Å². The molecule has 0 radical (unpaired) electrons. The van der Waals surface area contributed by atoms with Crippen LogP contribution in [-0.4, -0.2) is 104 Å². The number of carbonyl (C=O) groups is 1. The van der Waals surface area contributed by atoms with E-state index in [4.69, 9.17) is 4.74 Å². The maximum absolute atomic E-state index is 13.9. The van der Waals surface area contributed by atoms with Crippen molar-refractivity contribution < 1.29 is 31.1 Å². The second kappa shape index (κ2) is 12.6. The monoisotopic (exact) mass is 613 g/mol. The minimum absolute atomic E-state index is 0.0974. The number of sulfonamides is 1. The summed E-state index contributed by atoms with van der Waals surface area (Å²) >= 11 is 0. The molecule has 1 aliphatic heterocycles. The van der Waals surface area contributed by atoms with E-state index < -0.39 is 39.7 Å². The SMILES string of the molecule is COc1ccc(C(=O)N(C)C2CCN(C)CC2)cc1Nc1ncc(C(F)(F)F)c(N[C@@H]2CCC[C@H]2N(C)S(C)(=O)=O)n1. The average molecular weight is 614 g/mol. The molecule has 1 saturated heterocycles. The van der Waals surface area contributed by atoms with Crippen LogP contribution in [0.4, 0.5) is 30.6 Å². The Bertz CT molecular complexity index is 1380. The first kappa shape index (κ1) is 31.8. The summed E-state index contributed by atoms with van der Waals surface area (Å²) in [6.45, 7) is 1.79. The van der Waals surface area contributed by atoms with Gasteiger partial charge < -0.3 is 25.2 Å². The average Bonchev–Trinajstić information content (AvgIpc) is 3.39. The zero-order valence-corrected chi connectivity index (χ0v) is 25.2. The molecule has 0 unspecified atom stereocenters. The number of halogens is 3. The lowest BCUT2D eigenvalue weighted by Crippen LogP contribution is -2.44. The summed E-state index contributed by atoms with van der Waals surface area (Å²) < 4.78 is 72.6. The van der Waals surface area contributed by atoms with E-state index >= 15 is 0 Å². The molecule has 1 aliphatic carbocycles. The van der Waals surface area contributed by atoms with Crippen molar-refractivity contribution in [3.63, 3.8) is 0 Å². The Morgan fingerprint density at radius 3 is 2.45 bits per heavy atom. The van der Waals surface area contributed by atoms with Crippen LogP contribution in [-0.2, 0) is 16.2 Å². The lowest BCUT2D eigenvalue weighted by molar-refractivity contribution is -0.137. The maximum atomic E-state index is 13.9. The van der Waals surface area contributed by atoms with E-state index in [9.17, 15) is 26.4 Å². The summed E-state index contributed by atoms with van der Waals surface area (Å²) in [5, 5.41) is 5.75. The Morgan fingerprint density at radius 1 is 1.14 bits per heavy atom. The van der Waals surface area contributed by atoms with Gasteiger partial charge >= 0.3 is 6.18 Å². The van der Waals surface area contributed by atoms with Gasteiger partial charge in [0.1, 0.15) is 17.1 Å². The fraction of sp³-hybridized carbons (Fsp3) is 0.593. The smallest absolute Gasteiger partial charge is 0.421 e. The molecule has 1 amide bonds. The fourth-order valence-electron chi connectivity index (χ4n) is 5.54. The molecule has 2 heterocycles. The molecule has 1 saturated carbocycles. The van der Waals surface area contributed by atoms with Gasteiger partial charge in [0, 0.05) is 44.0 Å². The van der Waals surface area contributed by atoms with Crippen LogP contribution in [0.5, 0.6) is 5.75 Å². The normalized spacial score (nSPS) is 20.5. The van der Waals surface area contributed by atoms with Gasteiger partial charge in [-0.25, -0.2) is 17.7 Å². The zero-order valence-electron chi connectivity index (χ0n) is 24.4. The van der Waals surface area contributed by atoms with Crippen LogP contribution in [0.25, 0.3) is 0 Å². The summed E-state index contributed by atoms with van der Waals surface area (Å²) in [6, 6.07) is 3.79. The van der Waals surface area contributed by atoms with Crippen molar-refractivity contribution in [2.24, 2.45) is 0 Å². The van der Waals surface area contributed by atoms with Crippen molar-refractivity contribution in [2.75, 3.05) is 58.2 Å². The highest BCUT2D eigenvalue weighted by atomic mass is 32.2. The Balaban J connectivity index is 1.61. The van der Waals surface area contributed by atoms with E-state index in [1.165, 1.54) is 18.5 Å². The second-order valence-electron chi connectivity index (χ2n) is 11.0. The topological polar surface area (TPSA) is 120 Å². The van der Waals surface area contributed by atoms with E-state index in [2.05, 4.69) is 25.5 Å². The van der Waals surface area contributed by atoms with E-state index in [-0.39, 0.29) is 17.9 Å². The lowest BCUT2D eigenvalue weighted by Gasteiger charge is -2.35. The number of piperidine rings is 1. The van der Waals surface area contributed by atoms with Gasteiger partial charge in [-0.1, -0.05) is 0 Å². The summed E-state index contributed by atoms with van der Waals surface area (Å²) in [5.41, 5.74) is -0.389. The van der Waals surface area contributed by atoms with Gasteiger partial charge in [0.2, 0.25) is 16.0 Å². The number of ether oxygens (including phenoxy) is 1. The van der Waals surface area contributed by atoms with Crippen LogP contribution >= 0.6 is 0 Å². The molecule has 15 heteroatoms. The lowest BCUT2D eigenvalue weighted by atomic mass is 10.0. The third kappa shape index (κ3) is 7.24. The Hall–Kier alpha value is -3.17. The maximum Gasteiger partial charge on any atom is 0.421 e. The van der Waals surface area contributed by atoms with E-state index in [0.29, 0.717) is 42.5 Å². The first-order valence-electron chi connectivity index (χ1n) is 13.7. The van der Waals surface area contributed by atoms with Crippen molar-refractivity contribution in [3.8, 4) is 5.75 Å². The molecule has 0 spiro atoms. The van der Waals surface area contributed by atoms with Crippen molar-refractivity contribution in [3.05, 3.63) is 35.5 Å². The number of hydrogen-bond acceptors (Lipinski definition) is 9. The molecule has 2 N–H and O–H groups in total. The molecule has 4 rings (SSSR count). The molecule has 0 bridgehead atoms. The van der Waals surface area contributed by atoms with Gasteiger partial charge in [-0.3, -0.25) is 4.79 Å². The van der Waals surface area contributed by atoms with Crippen molar-refractivity contribution in [1.82, 2.24) is 24.1 Å². The highest BCUT2D eigenvalue weighted by molar-refractivity contribution is 7.88. The first-order valence-corrected chi connectivity index (χ1v) is 15.6. The van der Waals surface area contributed by atoms with Crippen molar-refractivity contribution in [1.29, 1.82) is 0 Å². The number of amides is 1. The number of nitrogens with zero attached hydrogens (tertiary/aromatic N) is 5. The quantitative estimate of drug-likeness (QED) is 0.437. The summed E-state index contributed by atoms with van der Waals surface area (Å²) in [7, 11) is 3.11. The highest BCUT2D eigenvalue weighted by Gasteiger charge is 2.39. The van der Waals surface area contributed by atoms with Gasteiger partial charge in [-0.15, -0.1) is 0 Å². The summed E-state index contributed by atoms with van der Waals surface area (Å²) in [4.78, 5) is 25.3. The molecule has 232 valence electrons. The van der Waals surface area contributed by atoms with Crippen LogP contribution in [0.15, 0.2) is 24.4 Å². The second-order valence-corrected chi connectivity index (χ2v) is 13.0. The Kier molecular flexibility index (Phi) is 9.52. The number of methoxy groups -OCH3 is 1. The number of anilines is 3. The van der Waals surface area contributed by atoms with Gasteiger partial charge in [0.15, 0.2) is 0 Å². The zero-order chi connectivity index (χ0) is 30.8. The van der Waals surface area contributed by atoms with Crippen molar-refractivity contribution >= 4 is 33.4 Å². The number of hydrogen-bond donors (Lipinski definition) is 2. The van der Waals surface area contributed by atoms with Gasteiger partial charge in [-0.2, -0.15) is 18.2 Å². The number of rotatable bonds is 9. The van der Waals surface area contributed by atoms with Crippen LogP contribution in [0.1, 0.15) is 48.0 Å². The molecule has 42 heavy (non-hydrogen) atoms. The predicted octanol–water partition coefficient (Wildman–Crippen LogP) is 3.64. The molecular formula is C27H38F3N7O4S. The minimum Gasteiger partial charge on any atom is -0.495 e. The molecule has 2 aliphatic rings. The molecule has 1 aromatic heterocycles. The third-order valence-corrected chi connectivity index (χ3v) is 9.45. The van der Waals surface area contributed by atoms with Gasteiger partial charge in [0.05, 0.1) is 19.1 Å². The fourth-order valence-corrected chi connectivity index (χ4v) is 6.28. The number of likely N-dealkylation sites (tertiary alicyclic amines) is 1. The number of likely N-dealkylation sites (N-methyl/N-ethyl adjacent to an activating group) is 1. The number of carbonyl (C=O) groups excluding carboxylic acids is 1. The summed E-state index contributed by atoms with van der Waals surface area (Å²) in [6.07, 6.45) is 0.323. The number of aromatic nitrogens is 2. The summed E-state index contributed by atoms with van der Waals surface area (Å²) in [5.74, 6) is -0.458. The molecular weight excluding hydrogens is 575 g/mol. The number of benzene rings is 1. The van der Waals surface area contributed by atoms with Crippen LogP contribution in [0.3, 0.4) is 0 Å². The molecule has 2 fully saturated rings. The van der Waals surface area contributed by atoms with Crippen molar-refractivity contribution in [2.45, 2.75) is 56.4 Å². The van der Waals surface area contributed by atoms with Crippen LogP contribution in [0, 0.1) is 0 Å². The molecule has 2 aromatic rings. The van der Waals surface area contributed by atoms with Gasteiger partial charge in [0.25, 0.3) is 5.91 Å². The van der Waals surface area contributed by atoms with Crippen LogP contribution in [0.2, 0.25) is 0 Å².